The molecule has 0 spiro atoms. The van der Waals surface area contributed by atoms with Crippen molar-refractivity contribution >= 4 is 21.5 Å². The molecule has 104 valence electrons. The van der Waals surface area contributed by atoms with E-state index < -0.39 is 9.84 Å². The number of para-hydroxylation sites is 1. The molecule has 1 aromatic rings. The third kappa shape index (κ3) is 4.55. The van der Waals surface area contributed by atoms with Gasteiger partial charge in [-0.2, -0.15) is 0 Å². The molecule has 0 saturated heterocycles. The molecule has 0 aliphatic heterocycles. The first-order valence-corrected chi connectivity index (χ1v) is 8.24. The maximum atomic E-state index is 11.3. The average molecular weight is 281 g/mol. The smallest absolute Gasteiger partial charge is 0.193 e. The Morgan fingerprint density at radius 2 is 2.00 bits per heavy atom. The lowest BCUT2D eigenvalue weighted by Crippen LogP contribution is -2.26. The van der Waals surface area contributed by atoms with E-state index in [2.05, 4.69) is 10.3 Å². The molecule has 19 heavy (non-hydrogen) atoms. The highest BCUT2D eigenvalue weighted by Gasteiger charge is 2.45. The highest BCUT2D eigenvalue weighted by atomic mass is 32.2. The van der Waals surface area contributed by atoms with Crippen LogP contribution in [0, 0.1) is 5.41 Å². The van der Waals surface area contributed by atoms with Crippen LogP contribution in [0.1, 0.15) is 12.8 Å². The molecule has 1 aromatic carbocycles. The minimum Gasteiger partial charge on any atom is -0.370 e. The van der Waals surface area contributed by atoms with Crippen LogP contribution in [0.15, 0.2) is 35.3 Å². The molecule has 1 fully saturated rings. The first kappa shape index (κ1) is 13.9. The fraction of sp³-hybridized carbons (Fsp3) is 0.462. The van der Waals surface area contributed by atoms with Gasteiger partial charge in [-0.3, -0.25) is 4.99 Å². The molecule has 1 aliphatic carbocycles. The van der Waals surface area contributed by atoms with Gasteiger partial charge in [0, 0.05) is 23.9 Å². The van der Waals surface area contributed by atoms with Gasteiger partial charge in [0.15, 0.2) is 5.96 Å². The van der Waals surface area contributed by atoms with Gasteiger partial charge in [-0.15, -0.1) is 0 Å². The third-order valence-electron chi connectivity index (χ3n) is 3.16. The van der Waals surface area contributed by atoms with Crippen molar-refractivity contribution in [3.8, 4) is 0 Å². The second-order valence-corrected chi connectivity index (χ2v) is 7.40. The number of rotatable bonds is 5. The molecule has 1 saturated carbocycles. The monoisotopic (exact) mass is 281 g/mol. The molecule has 0 unspecified atom stereocenters. The molecular weight excluding hydrogens is 262 g/mol. The number of hydrogen-bond acceptors (Lipinski definition) is 3. The second kappa shape index (κ2) is 5.21. The highest BCUT2D eigenvalue weighted by molar-refractivity contribution is 7.90. The van der Waals surface area contributed by atoms with Crippen LogP contribution in [-0.2, 0) is 9.84 Å². The van der Waals surface area contributed by atoms with Gasteiger partial charge in [-0.25, -0.2) is 8.42 Å². The van der Waals surface area contributed by atoms with E-state index in [1.54, 1.807) is 0 Å². The fourth-order valence-corrected chi connectivity index (χ4v) is 3.54. The molecule has 6 heteroatoms. The highest BCUT2D eigenvalue weighted by Crippen LogP contribution is 2.46. The van der Waals surface area contributed by atoms with Crippen molar-refractivity contribution in [1.29, 1.82) is 0 Å². The van der Waals surface area contributed by atoms with Crippen molar-refractivity contribution in [2.75, 3.05) is 23.9 Å². The number of benzene rings is 1. The predicted molar refractivity (Wildman–Crippen MR) is 77.9 cm³/mol. The van der Waals surface area contributed by atoms with Crippen molar-refractivity contribution in [3.05, 3.63) is 30.3 Å². The number of nitrogens with two attached hydrogens (primary N) is 1. The summed E-state index contributed by atoms with van der Waals surface area (Å²) in [6.07, 6.45) is 3.08. The first-order chi connectivity index (χ1) is 8.89. The van der Waals surface area contributed by atoms with Gasteiger partial charge in [-0.1, -0.05) is 18.2 Å². The van der Waals surface area contributed by atoms with Gasteiger partial charge >= 0.3 is 0 Å². The van der Waals surface area contributed by atoms with Gasteiger partial charge in [0.25, 0.3) is 0 Å². The average Bonchev–Trinajstić information content (AvgIpc) is 3.06. The van der Waals surface area contributed by atoms with Crippen LogP contribution in [0.3, 0.4) is 0 Å². The summed E-state index contributed by atoms with van der Waals surface area (Å²) < 4.78 is 22.7. The van der Waals surface area contributed by atoms with E-state index in [9.17, 15) is 8.42 Å². The molecular formula is C13H19N3O2S. The molecule has 5 nitrogen and oxygen atoms in total. The van der Waals surface area contributed by atoms with E-state index in [1.165, 1.54) is 6.26 Å². The van der Waals surface area contributed by atoms with Gasteiger partial charge in [0.05, 0.1) is 5.75 Å². The van der Waals surface area contributed by atoms with E-state index in [4.69, 9.17) is 5.73 Å². The van der Waals surface area contributed by atoms with Crippen molar-refractivity contribution in [2.45, 2.75) is 12.8 Å². The second-order valence-electron chi connectivity index (χ2n) is 5.26. The summed E-state index contributed by atoms with van der Waals surface area (Å²) in [5, 5.41) is 2.98. The molecule has 0 bridgehead atoms. The predicted octanol–water partition coefficient (Wildman–Crippen LogP) is 1.24. The SMILES string of the molecule is CS(=O)(=O)CC1(CN=C(N)Nc2ccccc2)CC1. The molecule has 2 rings (SSSR count). The number of sulfone groups is 1. The molecule has 3 N–H and O–H groups in total. The molecule has 0 heterocycles. The Morgan fingerprint density at radius 1 is 1.37 bits per heavy atom. The summed E-state index contributed by atoms with van der Waals surface area (Å²) in [5.74, 6) is 0.522. The van der Waals surface area contributed by atoms with Crippen molar-refractivity contribution in [2.24, 2.45) is 16.1 Å². The van der Waals surface area contributed by atoms with Gasteiger partial charge in [-0.05, 0) is 25.0 Å². The van der Waals surface area contributed by atoms with Gasteiger partial charge < -0.3 is 11.1 Å². The van der Waals surface area contributed by atoms with Crippen LogP contribution in [0.5, 0.6) is 0 Å². The van der Waals surface area contributed by atoms with Gasteiger partial charge in [0.1, 0.15) is 9.84 Å². The van der Waals surface area contributed by atoms with Gasteiger partial charge in [0.2, 0.25) is 0 Å². The molecule has 0 radical (unpaired) electrons. The van der Waals surface area contributed by atoms with Crippen LogP contribution < -0.4 is 11.1 Å². The maximum Gasteiger partial charge on any atom is 0.193 e. The van der Waals surface area contributed by atoms with E-state index in [1.807, 2.05) is 30.3 Å². The van der Waals surface area contributed by atoms with E-state index in [-0.39, 0.29) is 11.2 Å². The Balaban J connectivity index is 1.92. The number of aliphatic imine (C=N–C) groups is 1. The summed E-state index contributed by atoms with van der Waals surface area (Å²) in [4.78, 5) is 4.26. The van der Waals surface area contributed by atoms with Crippen LogP contribution in [0.25, 0.3) is 0 Å². The van der Waals surface area contributed by atoms with E-state index in [0.29, 0.717) is 12.5 Å². The molecule has 0 amide bonds. The summed E-state index contributed by atoms with van der Waals surface area (Å²) >= 11 is 0. The Hall–Kier alpha value is -1.56. The lowest BCUT2D eigenvalue weighted by atomic mass is 10.1. The van der Waals surface area contributed by atoms with Crippen molar-refractivity contribution in [1.82, 2.24) is 0 Å². The zero-order valence-corrected chi connectivity index (χ0v) is 11.8. The van der Waals surface area contributed by atoms with Crippen LogP contribution in [-0.4, -0.2) is 32.9 Å². The lowest BCUT2D eigenvalue weighted by molar-refractivity contribution is 0.552. The molecule has 0 aromatic heterocycles. The summed E-state index contributed by atoms with van der Waals surface area (Å²) in [5.41, 5.74) is 6.48. The summed E-state index contributed by atoms with van der Waals surface area (Å²) in [6.45, 7) is 0.464. The zero-order valence-electron chi connectivity index (χ0n) is 11.0. The molecule has 0 atom stereocenters. The van der Waals surface area contributed by atoms with E-state index in [0.717, 1.165) is 18.5 Å². The number of nitrogens with zero attached hydrogens (tertiary/aromatic N) is 1. The normalized spacial score (nSPS) is 18.1. The van der Waals surface area contributed by atoms with Crippen LogP contribution in [0.4, 0.5) is 5.69 Å². The van der Waals surface area contributed by atoms with Crippen molar-refractivity contribution < 1.29 is 8.42 Å². The number of nitrogens with one attached hydrogen (secondary N) is 1. The lowest BCUT2D eigenvalue weighted by Gasteiger charge is -2.11. The number of guanidine groups is 1. The topological polar surface area (TPSA) is 84.5 Å². The summed E-state index contributed by atoms with van der Waals surface area (Å²) in [6, 6.07) is 9.52. The first-order valence-electron chi connectivity index (χ1n) is 6.18. The zero-order chi connectivity index (χ0) is 13.9. The Kier molecular flexibility index (Phi) is 3.80. The fourth-order valence-electron chi connectivity index (χ4n) is 2.04. The Morgan fingerprint density at radius 3 is 2.53 bits per heavy atom. The van der Waals surface area contributed by atoms with Crippen LogP contribution >= 0.6 is 0 Å². The maximum absolute atomic E-state index is 11.3. The van der Waals surface area contributed by atoms with Crippen molar-refractivity contribution in [3.63, 3.8) is 0 Å². The van der Waals surface area contributed by atoms with E-state index >= 15 is 0 Å². The Bertz CT molecular complexity index is 563. The number of hydrogen-bond donors (Lipinski definition) is 2. The molecule has 1 aliphatic rings. The van der Waals surface area contributed by atoms with Crippen LogP contribution in [0.2, 0.25) is 0 Å². The third-order valence-corrected chi connectivity index (χ3v) is 4.29. The Labute approximate surface area is 113 Å². The minimum absolute atomic E-state index is 0.184. The standard InChI is InChI=1S/C13H19N3O2S/c1-19(17,18)10-13(7-8-13)9-15-12(14)16-11-5-3-2-4-6-11/h2-6H,7-10H2,1H3,(H3,14,15,16). The minimum atomic E-state index is -2.96. The largest absolute Gasteiger partial charge is 0.370 e. The quantitative estimate of drug-likeness (QED) is 0.628. The summed E-state index contributed by atoms with van der Waals surface area (Å²) in [7, 11) is -2.96. The number of anilines is 1.